The second-order valence-electron chi connectivity index (χ2n) is 6.56. The molecule has 3 heterocycles. The first-order valence-corrected chi connectivity index (χ1v) is 8.77. The van der Waals surface area contributed by atoms with Gasteiger partial charge in [-0.2, -0.15) is 0 Å². The van der Waals surface area contributed by atoms with E-state index in [4.69, 9.17) is 8.94 Å². The molecule has 0 bridgehead atoms. The number of carbonyl (C=O) groups excluding carboxylic acids is 1. The highest BCUT2D eigenvalue weighted by Gasteiger charge is 2.20. The van der Waals surface area contributed by atoms with Gasteiger partial charge in [-0.05, 0) is 25.1 Å². The lowest BCUT2D eigenvalue weighted by Crippen LogP contribution is -2.47. The largest absolute Gasteiger partial charge is 0.457 e. The number of amides is 1. The van der Waals surface area contributed by atoms with E-state index in [1.807, 2.05) is 48.2 Å². The van der Waals surface area contributed by atoms with E-state index in [-0.39, 0.29) is 5.91 Å². The number of benzene rings is 1. The number of aryl methyl sites for hydroxylation is 1. The molecule has 1 amide bonds. The van der Waals surface area contributed by atoms with Gasteiger partial charge < -0.3 is 13.8 Å². The maximum Gasteiger partial charge on any atom is 0.246 e. The lowest BCUT2D eigenvalue weighted by molar-refractivity contribution is -0.127. The van der Waals surface area contributed by atoms with Crippen molar-refractivity contribution in [1.29, 1.82) is 0 Å². The zero-order chi connectivity index (χ0) is 17.9. The molecule has 0 aliphatic carbocycles. The number of aromatic nitrogens is 1. The first kappa shape index (κ1) is 16.6. The molecular weight excluding hydrogens is 330 g/mol. The number of nitrogens with zero attached hydrogens (tertiary/aromatic N) is 3. The summed E-state index contributed by atoms with van der Waals surface area (Å²) in [5, 5.41) is 4.95. The van der Waals surface area contributed by atoms with E-state index < -0.39 is 0 Å². The van der Waals surface area contributed by atoms with E-state index in [1.165, 1.54) is 0 Å². The molecule has 0 spiro atoms. The number of hydrogen-bond donors (Lipinski definition) is 0. The number of rotatable bonds is 4. The number of fused-ring (bicyclic) bond motifs is 1. The number of piperazine rings is 1. The standard InChI is InChI=1S/C20H21N3O3/c1-15-12-18(26-21-15)14-22-8-10-23(11-9-22)20(24)7-6-17-13-16-4-2-3-5-19(16)25-17/h2-7,12-13H,8-11,14H2,1H3/b7-6+. The first-order valence-electron chi connectivity index (χ1n) is 8.77. The lowest BCUT2D eigenvalue weighted by Gasteiger charge is -2.33. The zero-order valence-electron chi connectivity index (χ0n) is 14.7. The van der Waals surface area contributed by atoms with Gasteiger partial charge >= 0.3 is 0 Å². The van der Waals surface area contributed by atoms with Gasteiger partial charge in [0.1, 0.15) is 11.3 Å². The predicted octanol–water partition coefficient (Wildman–Crippen LogP) is 3.09. The first-order chi connectivity index (χ1) is 12.7. The van der Waals surface area contributed by atoms with E-state index in [2.05, 4.69) is 10.1 Å². The van der Waals surface area contributed by atoms with E-state index in [0.29, 0.717) is 18.8 Å². The smallest absolute Gasteiger partial charge is 0.246 e. The Labute approximate surface area is 151 Å². The summed E-state index contributed by atoms with van der Waals surface area (Å²) in [6, 6.07) is 11.7. The molecule has 134 valence electrons. The molecule has 0 unspecified atom stereocenters. The Hall–Kier alpha value is -2.86. The topological polar surface area (TPSA) is 62.7 Å². The number of hydrogen-bond acceptors (Lipinski definition) is 5. The van der Waals surface area contributed by atoms with Crippen molar-refractivity contribution in [1.82, 2.24) is 15.0 Å². The van der Waals surface area contributed by atoms with Gasteiger partial charge in [0, 0.05) is 43.7 Å². The summed E-state index contributed by atoms with van der Waals surface area (Å²) in [4.78, 5) is 16.5. The van der Waals surface area contributed by atoms with E-state index in [0.717, 1.165) is 42.1 Å². The maximum absolute atomic E-state index is 12.4. The Morgan fingerprint density at radius 2 is 2.00 bits per heavy atom. The van der Waals surface area contributed by atoms with Crippen LogP contribution in [0, 0.1) is 6.92 Å². The van der Waals surface area contributed by atoms with Crippen LogP contribution in [0.25, 0.3) is 17.0 Å². The molecular formula is C20H21N3O3. The molecule has 26 heavy (non-hydrogen) atoms. The monoisotopic (exact) mass is 351 g/mol. The highest BCUT2D eigenvalue weighted by molar-refractivity contribution is 5.92. The highest BCUT2D eigenvalue weighted by Crippen LogP contribution is 2.19. The molecule has 1 saturated heterocycles. The summed E-state index contributed by atoms with van der Waals surface area (Å²) in [5.74, 6) is 1.58. The van der Waals surface area contributed by atoms with Crippen LogP contribution >= 0.6 is 0 Å². The molecule has 1 aromatic carbocycles. The van der Waals surface area contributed by atoms with Crippen LogP contribution in [0.3, 0.4) is 0 Å². The second-order valence-corrected chi connectivity index (χ2v) is 6.56. The SMILES string of the molecule is Cc1cc(CN2CCN(C(=O)/C=C/c3cc4ccccc4o3)CC2)on1. The van der Waals surface area contributed by atoms with E-state index >= 15 is 0 Å². The van der Waals surface area contributed by atoms with Crippen molar-refractivity contribution in [2.24, 2.45) is 0 Å². The molecule has 6 heteroatoms. The second kappa shape index (κ2) is 7.17. The fourth-order valence-electron chi connectivity index (χ4n) is 3.18. The van der Waals surface area contributed by atoms with Crippen molar-refractivity contribution < 1.29 is 13.7 Å². The molecule has 0 N–H and O–H groups in total. The van der Waals surface area contributed by atoms with Gasteiger partial charge in [0.2, 0.25) is 5.91 Å². The summed E-state index contributed by atoms with van der Waals surface area (Å²) in [7, 11) is 0. The Morgan fingerprint density at radius 1 is 1.19 bits per heavy atom. The quantitative estimate of drug-likeness (QED) is 0.676. The molecule has 2 aromatic heterocycles. The van der Waals surface area contributed by atoms with Gasteiger partial charge in [-0.15, -0.1) is 0 Å². The van der Waals surface area contributed by atoms with Gasteiger partial charge in [0.25, 0.3) is 0 Å². The van der Waals surface area contributed by atoms with Crippen LogP contribution in [0.2, 0.25) is 0 Å². The van der Waals surface area contributed by atoms with Crippen molar-refractivity contribution in [3.05, 3.63) is 59.7 Å². The molecule has 0 atom stereocenters. The fourth-order valence-corrected chi connectivity index (χ4v) is 3.18. The van der Waals surface area contributed by atoms with Crippen LogP contribution in [-0.4, -0.2) is 47.0 Å². The summed E-state index contributed by atoms with van der Waals surface area (Å²) >= 11 is 0. The molecule has 0 saturated carbocycles. The Bertz CT molecular complexity index is 900. The van der Waals surface area contributed by atoms with Crippen molar-refractivity contribution in [3.8, 4) is 0 Å². The van der Waals surface area contributed by atoms with Crippen molar-refractivity contribution >= 4 is 23.0 Å². The third-order valence-corrected chi connectivity index (χ3v) is 4.57. The Kier molecular flexibility index (Phi) is 4.58. The normalized spacial score (nSPS) is 16.0. The number of para-hydroxylation sites is 1. The summed E-state index contributed by atoms with van der Waals surface area (Å²) in [6.45, 7) is 5.70. The fraction of sp³-hybridized carbons (Fsp3) is 0.300. The van der Waals surface area contributed by atoms with Gasteiger partial charge in [0.15, 0.2) is 5.76 Å². The highest BCUT2D eigenvalue weighted by atomic mass is 16.5. The molecule has 3 aromatic rings. The molecule has 0 radical (unpaired) electrons. The van der Waals surface area contributed by atoms with Gasteiger partial charge in [-0.1, -0.05) is 23.4 Å². The summed E-state index contributed by atoms with van der Waals surface area (Å²) < 4.78 is 11.0. The maximum atomic E-state index is 12.4. The molecule has 6 nitrogen and oxygen atoms in total. The van der Waals surface area contributed by atoms with Crippen LogP contribution < -0.4 is 0 Å². The predicted molar refractivity (Wildman–Crippen MR) is 98.3 cm³/mol. The third-order valence-electron chi connectivity index (χ3n) is 4.57. The van der Waals surface area contributed by atoms with Crippen LogP contribution in [0.5, 0.6) is 0 Å². The number of furan rings is 1. The van der Waals surface area contributed by atoms with Crippen LogP contribution in [0.1, 0.15) is 17.2 Å². The summed E-state index contributed by atoms with van der Waals surface area (Å²) in [6.07, 6.45) is 3.33. The van der Waals surface area contributed by atoms with Crippen LogP contribution in [0.4, 0.5) is 0 Å². The van der Waals surface area contributed by atoms with Gasteiger partial charge in [-0.25, -0.2) is 0 Å². The molecule has 1 fully saturated rings. The van der Waals surface area contributed by atoms with E-state index in [1.54, 1.807) is 12.2 Å². The minimum atomic E-state index is 0.0145. The van der Waals surface area contributed by atoms with Crippen molar-refractivity contribution in [3.63, 3.8) is 0 Å². The van der Waals surface area contributed by atoms with Crippen molar-refractivity contribution in [2.75, 3.05) is 26.2 Å². The molecule has 1 aliphatic rings. The van der Waals surface area contributed by atoms with Gasteiger partial charge in [0.05, 0.1) is 12.2 Å². The van der Waals surface area contributed by atoms with Crippen molar-refractivity contribution in [2.45, 2.75) is 13.5 Å². The zero-order valence-corrected chi connectivity index (χ0v) is 14.7. The van der Waals surface area contributed by atoms with E-state index in [9.17, 15) is 4.79 Å². The average molecular weight is 351 g/mol. The average Bonchev–Trinajstić information content (AvgIpc) is 3.25. The van der Waals surface area contributed by atoms with Crippen LogP contribution in [-0.2, 0) is 11.3 Å². The lowest BCUT2D eigenvalue weighted by atomic mass is 10.2. The summed E-state index contributed by atoms with van der Waals surface area (Å²) in [5.41, 5.74) is 1.72. The number of carbonyl (C=O) groups is 1. The van der Waals surface area contributed by atoms with Gasteiger partial charge in [-0.3, -0.25) is 9.69 Å². The van der Waals surface area contributed by atoms with Crippen LogP contribution in [0.15, 0.2) is 51.4 Å². The Balaban J connectivity index is 1.31. The minimum Gasteiger partial charge on any atom is -0.457 e. The minimum absolute atomic E-state index is 0.0145. The molecule has 4 rings (SSSR count). The third kappa shape index (κ3) is 3.70. The molecule has 1 aliphatic heterocycles. The Morgan fingerprint density at radius 3 is 2.73 bits per heavy atom.